The van der Waals surface area contributed by atoms with Crippen molar-refractivity contribution in [2.24, 2.45) is 0 Å². The molecule has 0 spiro atoms. The second kappa shape index (κ2) is 7.79. The van der Waals surface area contributed by atoms with E-state index in [9.17, 15) is 27.5 Å². The Morgan fingerprint density at radius 2 is 1.61 bits per heavy atom. The summed E-state index contributed by atoms with van der Waals surface area (Å²) in [5.41, 5.74) is -2.72. The van der Waals surface area contributed by atoms with Crippen molar-refractivity contribution in [3.05, 3.63) is 71.0 Å². The molecule has 1 fully saturated rings. The summed E-state index contributed by atoms with van der Waals surface area (Å²) in [6.07, 6.45) is -3.77. The summed E-state index contributed by atoms with van der Waals surface area (Å²) in [4.78, 5) is 14.0. The number of carbonyl (C=O) groups is 1. The van der Waals surface area contributed by atoms with Crippen LogP contribution in [-0.2, 0) is 16.5 Å². The first-order valence-electron chi connectivity index (χ1n) is 8.79. The lowest BCUT2D eigenvalue weighted by Crippen LogP contribution is -2.42. The lowest BCUT2D eigenvalue weighted by Gasteiger charge is -2.34. The average molecular weight is 397 g/mol. The van der Waals surface area contributed by atoms with Gasteiger partial charge < -0.3 is 14.7 Å². The van der Waals surface area contributed by atoms with Gasteiger partial charge in [0.05, 0.1) is 12.2 Å². The normalized spacial score (nSPS) is 16.7. The first-order valence-corrected chi connectivity index (χ1v) is 8.79. The van der Waals surface area contributed by atoms with Gasteiger partial charge in [0.1, 0.15) is 5.82 Å². The number of rotatable bonds is 4. The molecule has 1 saturated heterocycles. The standard InChI is InChI=1S/C20H19F4NO3/c21-17-8-6-14(7-9-17)19(13-26,28-18(27)25-10-1-2-11-25)15-4-3-5-16(12-15)20(22,23)24/h3-9,12,26H,1-2,10-11,13H2/t19-/m0/s1. The largest absolute Gasteiger partial charge is 0.430 e. The number of benzene rings is 2. The van der Waals surface area contributed by atoms with E-state index in [1.165, 1.54) is 29.2 Å². The van der Waals surface area contributed by atoms with E-state index in [0.717, 1.165) is 37.1 Å². The zero-order valence-electron chi connectivity index (χ0n) is 14.9. The van der Waals surface area contributed by atoms with Crippen LogP contribution in [0, 0.1) is 5.82 Å². The van der Waals surface area contributed by atoms with E-state index in [1.54, 1.807) is 0 Å². The van der Waals surface area contributed by atoms with Crippen molar-refractivity contribution in [2.75, 3.05) is 19.7 Å². The molecular formula is C20H19F4NO3. The SMILES string of the molecule is O=C(O[C@@](CO)(c1ccc(F)cc1)c1cccc(C(F)(F)F)c1)N1CCCC1. The number of hydrogen-bond donors (Lipinski definition) is 1. The average Bonchev–Trinajstić information content (AvgIpc) is 3.21. The summed E-state index contributed by atoms with van der Waals surface area (Å²) < 4.78 is 58.6. The van der Waals surface area contributed by atoms with Gasteiger partial charge in [-0.3, -0.25) is 0 Å². The highest BCUT2D eigenvalue weighted by Crippen LogP contribution is 2.38. The summed E-state index contributed by atoms with van der Waals surface area (Å²) in [6, 6.07) is 8.98. The van der Waals surface area contributed by atoms with Gasteiger partial charge in [0.15, 0.2) is 5.60 Å². The first kappa shape index (κ1) is 20.1. The van der Waals surface area contributed by atoms with Crippen LogP contribution in [0.4, 0.5) is 22.4 Å². The lowest BCUT2D eigenvalue weighted by molar-refractivity contribution is -0.137. The van der Waals surface area contributed by atoms with E-state index in [4.69, 9.17) is 4.74 Å². The third-order valence-corrected chi connectivity index (χ3v) is 4.82. The topological polar surface area (TPSA) is 49.8 Å². The van der Waals surface area contributed by atoms with Crippen molar-refractivity contribution in [3.63, 3.8) is 0 Å². The Bertz CT molecular complexity index is 832. The highest BCUT2D eigenvalue weighted by molar-refractivity contribution is 5.69. The molecule has 0 saturated carbocycles. The van der Waals surface area contributed by atoms with Crippen LogP contribution in [0.5, 0.6) is 0 Å². The minimum atomic E-state index is -4.61. The number of aliphatic hydroxyl groups is 1. The summed E-state index contributed by atoms with van der Waals surface area (Å²) in [5, 5.41) is 10.2. The molecule has 2 aromatic rings. The van der Waals surface area contributed by atoms with Gasteiger partial charge in [0.25, 0.3) is 0 Å². The monoisotopic (exact) mass is 397 g/mol. The zero-order chi connectivity index (χ0) is 20.4. The number of aliphatic hydroxyl groups excluding tert-OH is 1. The molecule has 0 aromatic heterocycles. The van der Waals surface area contributed by atoms with Crippen LogP contribution < -0.4 is 0 Å². The molecule has 1 atom stereocenters. The summed E-state index contributed by atoms with van der Waals surface area (Å²) in [7, 11) is 0. The Morgan fingerprint density at radius 3 is 2.18 bits per heavy atom. The van der Waals surface area contributed by atoms with Gasteiger partial charge in [0.2, 0.25) is 0 Å². The molecule has 1 heterocycles. The molecule has 3 rings (SSSR count). The first-order chi connectivity index (χ1) is 13.3. The Morgan fingerprint density at radius 1 is 1.00 bits per heavy atom. The summed E-state index contributed by atoms with van der Waals surface area (Å²) in [5.74, 6) is -0.564. The van der Waals surface area contributed by atoms with E-state index in [1.807, 2.05) is 0 Å². The zero-order valence-corrected chi connectivity index (χ0v) is 14.9. The van der Waals surface area contributed by atoms with E-state index < -0.39 is 35.9 Å². The Balaban J connectivity index is 2.10. The number of carbonyl (C=O) groups excluding carboxylic acids is 1. The molecule has 8 heteroatoms. The van der Waals surface area contributed by atoms with Crippen LogP contribution in [0.15, 0.2) is 48.5 Å². The fourth-order valence-electron chi connectivity index (χ4n) is 3.28. The van der Waals surface area contributed by atoms with Crippen LogP contribution >= 0.6 is 0 Å². The number of halogens is 4. The van der Waals surface area contributed by atoms with E-state index in [-0.39, 0.29) is 11.1 Å². The van der Waals surface area contributed by atoms with Gasteiger partial charge in [-0.1, -0.05) is 24.3 Å². The molecule has 1 amide bonds. The number of likely N-dealkylation sites (tertiary alicyclic amines) is 1. The van der Waals surface area contributed by atoms with Crippen LogP contribution in [0.1, 0.15) is 29.5 Å². The van der Waals surface area contributed by atoms with E-state index >= 15 is 0 Å². The molecule has 2 aromatic carbocycles. The quantitative estimate of drug-likeness (QED) is 0.782. The fraction of sp³-hybridized carbons (Fsp3) is 0.350. The summed E-state index contributed by atoms with van der Waals surface area (Å²) in [6.45, 7) is 0.123. The summed E-state index contributed by atoms with van der Waals surface area (Å²) >= 11 is 0. The minimum Gasteiger partial charge on any atom is -0.430 e. The molecule has 1 aliphatic rings. The molecule has 1 aliphatic heterocycles. The number of hydrogen-bond acceptors (Lipinski definition) is 3. The van der Waals surface area contributed by atoms with Gasteiger partial charge in [-0.2, -0.15) is 13.2 Å². The second-order valence-electron chi connectivity index (χ2n) is 6.63. The van der Waals surface area contributed by atoms with Crippen LogP contribution in [-0.4, -0.2) is 35.8 Å². The number of amides is 1. The van der Waals surface area contributed by atoms with Gasteiger partial charge in [-0.05, 0) is 37.1 Å². The molecule has 0 radical (unpaired) electrons. The third kappa shape index (κ3) is 3.96. The van der Waals surface area contributed by atoms with Crippen molar-refractivity contribution in [3.8, 4) is 0 Å². The molecule has 4 nitrogen and oxygen atoms in total. The predicted molar refractivity (Wildman–Crippen MR) is 93.0 cm³/mol. The molecule has 28 heavy (non-hydrogen) atoms. The number of ether oxygens (including phenoxy) is 1. The van der Waals surface area contributed by atoms with Crippen molar-refractivity contribution in [1.82, 2.24) is 4.90 Å². The Kier molecular flexibility index (Phi) is 5.60. The maximum atomic E-state index is 13.4. The van der Waals surface area contributed by atoms with Gasteiger partial charge in [-0.15, -0.1) is 0 Å². The Hall–Kier alpha value is -2.61. The smallest absolute Gasteiger partial charge is 0.416 e. The highest BCUT2D eigenvalue weighted by Gasteiger charge is 2.41. The molecule has 0 bridgehead atoms. The number of alkyl halides is 3. The van der Waals surface area contributed by atoms with Crippen LogP contribution in [0.25, 0.3) is 0 Å². The molecule has 0 aliphatic carbocycles. The third-order valence-electron chi connectivity index (χ3n) is 4.82. The lowest BCUT2D eigenvalue weighted by atomic mass is 9.85. The fourth-order valence-corrected chi connectivity index (χ4v) is 3.28. The van der Waals surface area contributed by atoms with Gasteiger partial charge in [-0.25, -0.2) is 9.18 Å². The molecule has 150 valence electrons. The predicted octanol–water partition coefficient (Wildman–Crippen LogP) is 4.31. The van der Waals surface area contributed by atoms with E-state index in [2.05, 4.69) is 0 Å². The van der Waals surface area contributed by atoms with Crippen molar-refractivity contribution < 1.29 is 32.2 Å². The van der Waals surface area contributed by atoms with Crippen LogP contribution in [0.2, 0.25) is 0 Å². The maximum absolute atomic E-state index is 13.4. The van der Waals surface area contributed by atoms with Crippen molar-refractivity contribution >= 4 is 6.09 Å². The maximum Gasteiger partial charge on any atom is 0.416 e. The van der Waals surface area contributed by atoms with E-state index in [0.29, 0.717) is 13.1 Å². The Labute approximate surface area is 159 Å². The van der Waals surface area contributed by atoms with Gasteiger partial charge >= 0.3 is 12.3 Å². The second-order valence-corrected chi connectivity index (χ2v) is 6.63. The minimum absolute atomic E-state index is 0.0519. The van der Waals surface area contributed by atoms with Crippen LogP contribution in [0.3, 0.4) is 0 Å². The van der Waals surface area contributed by atoms with Crippen molar-refractivity contribution in [1.29, 1.82) is 0 Å². The molecule has 0 unspecified atom stereocenters. The highest BCUT2D eigenvalue weighted by atomic mass is 19.4. The number of nitrogens with zero attached hydrogens (tertiary/aromatic N) is 1. The van der Waals surface area contributed by atoms with Crippen molar-refractivity contribution in [2.45, 2.75) is 24.6 Å². The van der Waals surface area contributed by atoms with Gasteiger partial charge in [0, 0.05) is 24.2 Å². The molecule has 1 N–H and O–H groups in total. The molecular weight excluding hydrogens is 378 g/mol.